The number of hydrogen-bond acceptors (Lipinski definition) is 5. The van der Waals surface area contributed by atoms with Crippen molar-refractivity contribution < 1.29 is 17.9 Å². The first-order valence-electron chi connectivity index (χ1n) is 10.9. The molecule has 0 saturated heterocycles. The predicted molar refractivity (Wildman–Crippen MR) is 139 cm³/mol. The van der Waals surface area contributed by atoms with Crippen molar-refractivity contribution in [2.45, 2.75) is 6.61 Å². The fourth-order valence-electron chi connectivity index (χ4n) is 3.47. The zero-order valence-electron chi connectivity index (χ0n) is 19.4. The van der Waals surface area contributed by atoms with Crippen molar-refractivity contribution >= 4 is 38.6 Å². The summed E-state index contributed by atoms with van der Waals surface area (Å²) in [6.45, 7) is 0.462. The molecule has 0 aliphatic rings. The molecular formula is C27H25N3O4S. The van der Waals surface area contributed by atoms with Gasteiger partial charge >= 0.3 is 0 Å². The van der Waals surface area contributed by atoms with E-state index in [1.807, 2.05) is 42.5 Å². The van der Waals surface area contributed by atoms with Gasteiger partial charge in [0, 0.05) is 12.6 Å². The van der Waals surface area contributed by atoms with Crippen LogP contribution in [0.5, 0.6) is 5.75 Å². The molecule has 178 valence electrons. The maximum atomic E-state index is 12.3. The van der Waals surface area contributed by atoms with E-state index in [9.17, 15) is 13.2 Å². The van der Waals surface area contributed by atoms with Crippen LogP contribution in [0.2, 0.25) is 0 Å². The lowest BCUT2D eigenvalue weighted by molar-refractivity contribution is 0.0955. The molecule has 0 bridgehead atoms. The standard InChI is InChI=1S/C27H25N3O4S/c1-30(35(2,32)33)24-14-12-22(13-15-24)27(31)29-28-18-20-10-16-25(17-11-20)34-19-23-8-5-7-21-6-3-4-9-26(21)23/h3-18H,19H2,1-2H3,(H,29,31)/b28-18-. The number of hydrazone groups is 1. The van der Waals surface area contributed by atoms with Gasteiger partial charge in [0.05, 0.1) is 18.2 Å². The van der Waals surface area contributed by atoms with Crippen molar-refractivity contribution in [3.05, 3.63) is 108 Å². The van der Waals surface area contributed by atoms with E-state index < -0.39 is 15.9 Å². The Kier molecular flexibility index (Phi) is 7.12. The van der Waals surface area contributed by atoms with Crippen molar-refractivity contribution in [1.29, 1.82) is 0 Å². The molecule has 0 radical (unpaired) electrons. The third-order valence-electron chi connectivity index (χ3n) is 5.52. The topological polar surface area (TPSA) is 88.1 Å². The third kappa shape index (κ3) is 6.04. The summed E-state index contributed by atoms with van der Waals surface area (Å²) < 4.78 is 30.3. The van der Waals surface area contributed by atoms with E-state index in [4.69, 9.17) is 4.74 Å². The Balaban J connectivity index is 1.32. The van der Waals surface area contributed by atoms with E-state index in [2.05, 4.69) is 34.8 Å². The number of carbonyl (C=O) groups is 1. The number of anilines is 1. The Labute approximate surface area is 204 Å². The quantitative estimate of drug-likeness (QED) is 0.291. The summed E-state index contributed by atoms with van der Waals surface area (Å²) in [5, 5.41) is 6.35. The highest BCUT2D eigenvalue weighted by Gasteiger charge is 2.12. The third-order valence-corrected chi connectivity index (χ3v) is 6.73. The first-order chi connectivity index (χ1) is 16.8. The smallest absolute Gasteiger partial charge is 0.271 e. The van der Waals surface area contributed by atoms with Crippen LogP contribution in [0.4, 0.5) is 5.69 Å². The molecule has 0 aliphatic heterocycles. The highest BCUT2D eigenvalue weighted by Crippen LogP contribution is 2.21. The Morgan fingerprint density at radius 3 is 2.34 bits per heavy atom. The molecular weight excluding hydrogens is 462 g/mol. The van der Waals surface area contributed by atoms with E-state index in [0.29, 0.717) is 17.9 Å². The van der Waals surface area contributed by atoms with Crippen LogP contribution in [0, 0.1) is 0 Å². The first kappa shape index (κ1) is 24.0. The SMILES string of the molecule is CN(c1ccc(C(=O)N/N=C\c2ccc(OCc3cccc4ccccc34)cc2)cc1)S(C)(=O)=O. The normalized spacial score (nSPS) is 11.5. The van der Waals surface area contributed by atoms with Crippen molar-refractivity contribution in [2.24, 2.45) is 5.10 Å². The second kappa shape index (κ2) is 10.4. The molecule has 35 heavy (non-hydrogen) atoms. The summed E-state index contributed by atoms with van der Waals surface area (Å²) in [5.41, 5.74) is 5.22. The lowest BCUT2D eigenvalue weighted by Gasteiger charge is -2.16. The second-order valence-electron chi connectivity index (χ2n) is 7.97. The number of hydrogen-bond donors (Lipinski definition) is 1. The molecule has 1 amide bonds. The predicted octanol–water partition coefficient (Wildman–Crippen LogP) is 4.58. The minimum absolute atomic E-state index is 0.366. The lowest BCUT2D eigenvalue weighted by atomic mass is 10.1. The molecule has 4 rings (SSSR count). The summed E-state index contributed by atoms with van der Waals surface area (Å²) in [6, 6.07) is 28.0. The van der Waals surface area contributed by atoms with Crippen molar-refractivity contribution in [1.82, 2.24) is 5.43 Å². The van der Waals surface area contributed by atoms with Crippen LogP contribution in [-0.4, -0.2) is 33.8 Å². The van der Waals surface area contributed by atoms with Gasteiger partial charge in [0.25, 0.3) is 5.91 Å². The zero-order chi connectivity index (χ0) is 24.8. The van der Waals surface area contributed by atoms with Crippen LogP contribution in [-0.2, 0) is 16.6 Å². The van der Waals surface area contributed by atoms with Gasteiger partial charge in [0.15, 0.2) is 0 Å². The fourth-order valence-corrected chi connectivity index (χ4v) is 3.98. The molecule has 0 saturated carbocycles. The molecule has 4 aromatic rings. The number of rotatable bonds is 8. The minimum Gasteiger partial charge on any atom is -0.489 e. The Hall–Kier alpha value is -4.17. The number of benzene rings is 4. The second-order valence-corrected chi connectivity index (χ2v) is 9.99. The number of sulfonamides is 1. The monoisotopic (exact) mass is 487 g/mol. The molecule has 1 N–H and O–H groups in total. The number of nitrogens with zero attached hydrogens (tertiary/aromatic N) is 2. The maximum Gasteiger partial charge on any atom is 0.271 e. The Morgan fingerprint density at radius 2 is 1.63 bits per heavy atom. The summed E-state index contributed by atoms with van der Waals surface area (Å²) in [4.78, 5) is 12.3. The molecule has 0 unspecified atom stereocenters. The van der Waals surface area contributed by atoms with Crippen LogP contribution < -0.4 is 14.5 Å². The van der Waals surface area contributed by atoms with Gasteiger partial charge < -0.3 is 4.74 Å². The first-order valence-corrected chi connectivity index (χ1v) is 12.7. The van der Waals surface area contributed by atoms with Gasteiger partial charge in [-0.1, -0.05) is 42.5 Å². The van der Waals surface area contributed by atoms with E-state index in [-0.39, 0.29) is 0 Å². The van der Waals surface area contributed by atoms with Crippen LogP contribution >= 0.6 is 0 Å². The Morgan fingerprint density at radius 1 is 0.943 bits per heavy atom. The minimum atomic E-state index is -3.36. The van der Waals surface area contributed by atoms with Crippen LogP contribution in [0.25, 0.3) is 10.8 Å². The maximum absolute atomic E-state index is 12.3. The zero-order valence-corrected chi connectivity index (χ0v) is 20.2. The number of nitrogens with one attached hydrogen (secondary N) is 1. The van der Waals surface area contributed by atoms with Gasteiger partial charge in [-0.05, 0) is 70.4 Å². The van der Waals surface area contributed by atoms with Gasteiger partial charge in [0.2, 0.25) is 10.0 Å². The summed E-state index contributed by atoms with van der Waals surface area (Å²) in [6.07, 6.45) is 2.66. The molecule has 0 atom stereocenters. The van der Waals surface area contributed by atoms with E-state index in [0.717, 1.165) is 27.4 Å². The molecule has 0 aromatic heterocycles. The average molecular weight is 488 g/mol. The van der Waals surface area contributed by atoms with Crippen LogP contribution in [0.15, 0.2) is 96.1 Å². The van der Waals surface area contributed by atoms with Gasteiger partial charge in [-0.2, -0.15) is 5.10 Å². The molecule has 7 nitrogen and oxygen atoms in total. The van der Waals surface area contributed by atoms with Crippen LogP contribution in [0.3, 0.4) is 0 Å². The van der Waals surface area contributed by atoms with Crippen molar-refractivity contribution in [3.63, 3.8) is 0 Å². The Bertz CT molecular complexity index is 1460. The highest BCUT2D eigenvalue weighted by atomic mass is 32.2. The van der Waals surface area contributed by atoms with Crippen molar-refractivity contribution in [3.8, 4) is 5.75 Å². The molecule has 0 fully saturated rings. The molecule has 8 heteroatoms. The lowest BCUT2D eigenvalue weighted by Crippen LogP contribution is -2.25. The molecule has 0 spiro atoms. The van der Waals surface area contributed by atoms with Gasteiger partial charge in [-0.3, -0.25) is 9.10 Å². The fraction of sp³-hybridized carbons (Fsp3) is 0.111. The summed E-state index contributed by atoms with van der Waals surface area (Å²) >= 11 is 0. The highest BCUT2D eigenvalue weighted by molar-refractivity contribution is 7.92. The van der Waals surface area contributed by atoms with Crippen LogP contribution in [0.1, 0.15) is 21.5 Å². The number of carbonyl (C=O) groups excluding carboxylic acids is 1. The molecule has 0 heterocycles. The van der Waals surface area contributed by atoms with E-state index >= 15 is 0 Å². The van der Waals surface area contributed by atoms with Gasteiger partial charge in [0.1, 0.15) is 12.4 Å². The van der Waals surface area contributed by atoms with Gasteiger partial charge in [-0.15, -0.1) is 0 Å². The van der Waals surface area contributed by atoms with Gasteiger partial charge in [-0.25, -0.2) is 13.8 Å². The largest absolute Gasteiger partial charge is 0.489 e. The van der Waals surface area contributed by atoms with Crippen molar-refractivity contribution in [2.75, 3.05) is 17.6 Å². The number of ether oxygens (including phenoxy) is 1. The summed E-state index contributed by atoms with van der Waals surface area (Å²) in [7, 11) is -1.91. The molecule has 0 aliphatic carbocycles. The van der Waals surface area contributed by atoms with E-state index in [1.54, 1.807) is 24.3 Å². The summed E-state index contributed by atoms with van der Waals surface area (Å²) in [5.74, 6) is 0.336. The average Bonchev–Trinajstić information content (AvgIpc) is 2.87. The molecule has 4 aromatic carbocycles. The number of amides is 1. The number of fused-ring (bicyclic) bond motifs is 1. The van der Waals surface area contributed by atoms with E-state index in [1.165, 1.54) is 24.0 Å².